The van der Waals surface area contributed by atoms with E-state index < -0.39 is 29.2 Å². The molecule has 30 heavy (non-hydrogen) atoms. The van der Waals surface area contributed by atoms with Crippen LogP contribution in [-0.2, 0) is 19.2 Å². The molecule has 10 nitrogen and oxygen atoms in total. The van der Waals surface area contributed by atoms with Gasteiger partial charge in [0.2, 0.25) is 0 Å². The Morgan fingerprint density at radius 3 is 2.70 bits per heavy atom. The number of nitrogens with one attached hydrogen (secondary N) is 1. The molecule has 3 aliphatic heterocycles. The first-order chi connectivity index (χ1) is 14.4. The maximum Gasteiger partial charge on any atom is 0.352 e. The van der Waals surface area contributed by atoms with Gasteiger partial charge in [0.1, 0.15) is 29.9 Å². The van der Waals surface area contributed by atoms with Crippen LogP contribution < -0.4 is 11.1 Å². The van der Waals surface area contributed by atoms with Gasteiger partial charge in [0.15, 0.2) is 10.8 Å². The Labute approximate surface area is 188 Å². The number of thiazole rings is 1. The number of nitrogens with zero attached hydrogens (tertiary/aromatic N) is 3. The highest BCUT2D eigenvalue weighted by molar-refractivity contribution is 8.20. The van der Waals surface area contributed by atoms with E-state index in [1.807, 2.05) is 0 Å². The van der Waals surface area contributed by atoms with E-state index >= 15 is 0 Å². The highest BCUT2D eigenvalue weighted by Gasteiger charge is 2.55. The number of carboxylic acids is 1. The smallest absolute Gasteiger partial charge is 0.352 e. The van der Waals surface area contributed by atoms with Gasteiger partial charge in [-0.1, -0.05) is 5.16 Å². The fourth-order valence-corrected chi connectivity index (χ4v) is 8.39. The minimum Gasteiger partial charge on any atom is -0.477 e. The predicted molar refractivity (Wildman–Crippen MR) is 118 cm³/mol. The Bertz CT molecular complexity index is 958. The molecule has 2 amide bonds. The number of oxime groups is 1. The summed E-state index contributed by atoms with van der Waals surface area (Å²) in [4.78, 5) is 47.5. The number of carbonyl (C=O) groups excluding carboxylic acids is 2. The molecule has 1 aromatic heterocycles. The maximum atomic E-state index is 12.8. The molecule has 4 N–H and O–H groups in total. The van der Waals surface area contributed by atoms with Gasteiger partial charge in [-0.3, -0.25) is 14.5 Å². The zero-order chi connectivity index (χ0) is 21.4. The lowest BCUT2D eigenvalue weighted by Crippen LogP contribution is -2.71. The normalized spacial score (nSPS) is 24.5. The monoisotopic (exact) mass is 487 g/mol. The number of thioether (sulfide) groups is 3. The van der Waals surface area contributed by atoms with Crippen LogP contribution >= 0.6 is 46.6 Å². The summed E-state index contributed by atoms with van der Waals surface area (Å²) < 4.78 is 0.0431. The van der Waals surface area contributed by atoms with Crippen LogP contribution in [0.1, 0.15) is 5.69 Å². The van der Waals surface area contributed by atoms with Crippen LogP contribution in [-0.4, -0.2) is 78.9 Å². The summed E-state index contributed by atoms with van der Waals surface area (Å²) in [7, 11) is 1.29. The first-order valence-electron chi connectivity index (χ1n) is 8.70. The van der Waals surface area contributed by atoms with Crippen molar-refractivity contribution in [1.82, 2.24) is 15.2 Å². The highest BCUT2D eigenvalue weighted by Crippen LogP contribution is 2.47. The molecule has 0 saturated carbocycles. The van der Waals surface area contributed by atoms with E-state index in [2.05, 4.69) is 15.5 Å². The summed E-state index contributed by atoms with van der Waals surface area (Å²) in [6.45, 7) is 0. The van der Waals surface area contributed by atoms with E-state index in [9.17, 15) is 19.5 Å². The van der Waals surface area contributed by atoms with Crippen molar-refractivity contribution in [2.75, 3.05) is 30.1 Å². The number of anilines is 1. The third-order valence-electron chi connectivity index (χ3n) is 4.56. The van der Waals surface area contributed by atoms with E-state index in [4.69, 9.17) is 10.6 Å². The molecule has 0 bridgehead atoms. The predicted octanol–water partition coefficient (Wildman–Crippen LogP) is 0.621. The average molecular weight is 488 g/mol. The number of fused-ring (bicyclic) bond motifs is 1. The van der Waals surface area contributed by atoms with Crippen LogP contribution in [0.15, 0.2) is 21.8 Å². The Morgan fingerprint density at radius 2 is 2.10 bits per heavy atom. The number of carbonyl (C=O) groups is 3. The molecule has 2 saturated heterocycles. The molecule has 2 atom stereocenters. The van der Waals surface area contributed by atoms with Gasteiger partial charge in [-0.25, -0.2) is 9.78 Å². The van der Waals surface area contributed by atoms with E-state index in [1.54, 1.807) is 28.9 Å². The van der Waals surface area contributed by atoms with Gasteiger partial charge in [-0.2, -0.15) is 0 Å². The van der Waals surface area contributed by atoms with Crippen molar-refractivity contribution in [2.24, 2.45) is 5.16 Å². The summed E-state index contributed by atoms with van der Waals surface area (Å²) in [5.41, 5.74) is 6.55. The Kier molecular flexibility index (Phi) is 6.18. The van der Waals surface area contributed by atoms with E-state index in [-0.39, 0.29) is 26.8 Å². The second-order valence-corrected chi connectivity index (χ2v) is 11.0. The van der Waals surface area contributed by atoms with Gasteiger partial charge in [-0.05, 0) is 5.57 Å². The summed E-state index contributed by atoms with van der Waals surface area (Å²) in [6, 6.07) is -0.861. The van der Waals surface area contributed by atoms with Crippen LogP contribution in [0.25, 0.3) is 0 Å². The number of carboxylic acid groups (broad SMARTS) is 1. The molecule has 160 valence electrons. The number of aromatic nitrogens is 1. The van der Waals surface area contributed by atoms with E-state index in [0.717, 1.165) is 28.4 Å². The number of rotatable bonds is 6. The number of hydrogen-bond acceptors (Lipinski definition) is 11. The first-order valence-corrected chi connectivity index (χ1v) is 12.7. The molecule has 14 heteroatoms. The van der Waals surface area contributed by atoms with Gasteiger partial charge in [0.05, 0.1) is 4.58 Å². The molecule has 4 rings (SSSR count). The molecule has 3 aliphatic rings. The third-order valence-corrected chi connectivity index (χ3v) is 9.66. The van der Waals surface area contributed by atoms with Crippen molar-refractivity contribution in [2.45, 2.75) is 16.0 Å². The molecule has 0 aromatic carbocycles. The number of β-lactam (4-membered cyclic amide) rings is 1. The minimum atomic E-state index is -1.12. The lowest BCUT2D eigenvalue weighted by Gasteiger charge is -2.49. The number of aliphatic carboxylic acids is 1. The third kappa shape index (κ3) is 3.76. The van der Waals surface area contributed by atoms with Crippen molar-refractivity contribution >= 4 is 75.2 Å². The summed E-state index contributed by atoms with van der Waals surface area (Å²) >= 11 is 5.98. The number of nitrogens with two attached hydrogens (primary N) is 1. The first kappa shape index (κ1) is 21.3. The van der Waals surface area contributed by atoms with Crippen molar-refractivity contribution in [3.05, 3.63) is 22.3 Å². The van der Waals surface area contributed by atoms with Crippen molar-refractivity contribution in [1.29, 1.82) is 0 Å². The minimum absolute atomic E-state index is 0.0409. The summed E-state index contributed by atoms with van der Waals surface area (Å²) in [5.74, 6) is 0.174. The Hall–Kier alpha value is -1.90. The van der Waals surface area contributed by atoms with Crippen molar-refractivity contribution < 1.29 is 24.3 Å². The molecular weight excluding hydrogens is 470 g/mol. The fraction of sp³-hybridized carbons (Fsp3) is 0.438. The summed E-state index contributed by atoms with van der Waals surface area (Å²) in [5, 5.41) is 17.4. The molecule has 0 spiro atoms. The van der Waals surface area contributed by atoms with E-state index in [1.165, 1.54) is 23.8 Å². The topological polar surface area (TPSA) is 147 Å². The number of nitrogen functional groups attached to an aromatic ring is 1. The van der Waals surface area contributed by atoms with Gasteiger partial charge >= 0.3 is 5.97 Å². The molecule has 0 aliphatic carbocycles. The van der Waals surface area contributed by atoms with Gasteiger partial charge in [0.25, 0.3) is 11.8 Å². The molecule has 0 radical (unpaired) electrons. The molecule has 1 aromatic rings. The Morgan fingerprint density at radius 1 is 1.37 bits per heavy atom. The van der Waals surface area contributed by atoms with Crippen LogP contribution in [0, 0.1) is 0 Å². The quantitative estimate of drug-likeness (QED) is 0.296. The average Bonchev–Trinajstić information content (AvgIpc) is 3.40. The highest BCUT2D eigenvalue weighted by atomic mass is 32.2. The molecule has 2 fully saturated rings. The van der Waals surface area contributed by atoms with Crippen molar-refractivity contribution in [3.8, 4) is 0 Å². The van der Waals surface area contributed by atoms with Crippen LogP contribution in [0.2, 0.25) is 0 Å². The number of amides is 2. The van der Waals surface area contributed by atoms with Gasteiger partial charge < -0.3 is 21.0 Å². The van der Waals surface area contributed by atoms with Crippen LogP contribution in [0.5, 0.6) is 0 Å². The lowest BCUT2D eigenvalue weighted by molar-refractivity contribution is -0.150. The molecule has 4 heterocycles. The second kappa shape index (κ2) is 8.69. The standard InChI is InChI=1S/C16H17N5O5S4/c1-26-20-8(7-5-30-16(17)18-7)11(22)19-9-12(23)21-10(14(24)25)6(4-29-13(9)21)15-27-2-3-28-15/h5,9,13,15H,2-4H2,1H3,(H2,17,18)(H,19,22)(H,24,25)/b20-8-/t9-,13-/m1/s1. The van der Waals surface area contributed by atoms with Crippen molar-refractivity contribution in [3.63, 3.8) is 0 Å². The van der Waals surface area contributed by atoms with E-state index in [0.29, 0.717) is 5.75 Å². The lowest BCUT2D eigenvalue weighted by atomic mass is 10.0. The largest absolute Gasteiger partial charge is 0.477 e. The van der Waals surface area contributed by atoms with Crippen LogP contribution in [0.3, 0.4) is 0 Å². The second-order valence-electron chi connectivity index (χ2n) is 6.31. The fourth-order valence-electron chi connectivity index (χ4n) is 3.29. The number of hydrogen-bond donors (Lipinski definition) is 3. The zero-order valence-electron chi connectivity index (χ0n) is 15.6. The van der Waals surface area contributed by atoms with Gasteiger partial charge in [0, 0.05) is 22.6 Å². The SMILES string of the molecule is CO/N=C(\C(=O)N[C@@H]1C(=O)N2C(C(=O)O)=C(C3SCCS3)CS[C@H]12)c1csc(N)n1. The van der Waals surface area contributed by atoms with Gasteiger partial charge in [-0.15, -0.1) is 46.6 Å². The van der Waals surface area contributed by atoms with Crippen LogP contribution in [0.4, 0.5) is 5.13 Å². The summed E-state index contributed by atoms with van der Waals surface area (Å²) in [6.07, 6.45) is 0. The zero-order valence-corrected chi connectivity index (χ0v) is 18.8. The molecular formula is C16H17N5O5S4. The Balaban J connectivity index is 1.53. The molecule has 0 unspecified atom stereocenters. The maximum absolute atomic E-state index is 12.8.